The second-order valence-corrected chi connectivity index (χ2v) is 7.77. The van der Waals surface area contributed by atoms with E-state index in [-0.39, 0.29) is 17.9 Å². The smallest absolute Gasteiger partial charge is 0.253 e. The zero-order valence-electron chi connectivity index (χ0n) is 14.1. The van der Waals surface area contributed by atoms with Gasteiger partial charge in [0, 0.05) is 29.2 Å². The average molecular weight is 325 g/mol. The van der Waals surface area contributed by atoms with Crippen LogP contribution in [-0.2, 0) is 0 Å². The number of nitrogens with zero attached hydrogens (tertiary/aromatic N) is 2. The lowest BCUT2D eigenvalue weighted by Crippen LogP contribution is -2.50. The van der Waals surface area contributed by atoms with Gasteiger partial charge in [0.1, 0.15) is 0 Å². The van der Waals surface area contributed by atoms with Crippen molar-refractivity contribution in [1.82, 2.24) is 15.3 Å². The number of carbonyl (C=O) groups excluding carboxylic acids is 1. The van der Waals surface area contributed by atoms with Gasteiger partial charge in [-0.2, -0.15) is 0 Å². The number of carbonyl (C=O) groups is 1. The molecular weight excluding hydrogens is 302 g/mol. The molecule has 24 heavy (non-hydrogen) atoms. The molecule has 5 heteroatoms. The number of aromatic nitrogens is 2. The summed E-state index contributed by atoms with van der Waals surface area (Å²) in [5.41, 5.74) is 1.72. The van der Waals surface area contributed by atoms with E-state index in [2.05, 4.69) is 15.3 Å². The molecule has 2 fully saturated rings. The molecule has 1 amide bonds. The fourth-order valence-corrected chi connectivity index (χ4v) is 3.34. The molecule has 2 aromatic heterocycles. The van der Waals surface area contributed by atoms with E-state index in [1.165, 1.54) is 12.8 Å². The third-order valence-corrected chi connectivity index (χ3v) is 5.29. The van der Waals surface area contributed by atoms with Gasteiger partial charge in [0.15, 0.2) is 5.65 Å². The van der Waals surface area contributed by atoms with Crippen LogP contribution in [0, 0.1) is 5.92 Å². The fraction of sp³-hybridized carbons (Fsp3) is 0.526. The molecule has 0 aromatic carbocycles. The molecule has 0 radical (unpaired) electrons. The summed E-state index contributed by atoms with van der Waals surface area (Å²) in [6.07, 6.45) is 5.68. The van der Waals surface area contributed by atoms with Gasteiger partial charge in [0.2, 0.25) is 0 Å². The summed E-state index contributed by atoms with van der Waals surface area (Å²) in [5.74, 6) is 0.749. The molecule has 2 aliphatic rings. The number of pyridine rings is 2. The van der Waals surface area contributed by atoms with E-state index < -0.39 is 5.60 Å². The van der Waals surface area contributed by atoms with Gasteiger partial charge in [-0.1, -0.05) is 0 Å². The maximum Gasteiger partial charge on any atom is 0.253 e. The first-order chi connectivity index (χ1) is 11.4. The van der Waals surface area contributed by atoms with Gasteiger partial charge < -0.3 is 10.4 Å². The van der Waals surface area contributed by atoms with Crippen LogP contribution < -0.4 is 5.32 Å². The van der Waals surface area contributed by atoms with Gasteiger partial charge in [-0.3, -0.25) is 4.79 Å². The Morgan fingerprint density at radius 3 is 2.71 bits per heavy atom. The van der Waals surface area contributed by atoms with Crippen molar-refractivity contribution in [3.8, 4) is 0 Å². The highest BCUT2D eigenvalue weighted by Crippen LogP contribution is 2.39. The highest BCUT2D eigenvalue weighted by molar-refractivity contribution is 5.97. The van der Waals surface area contributed by atoms with Crippen LogP contribution in [0.4, 0.5) is 0 Å². The second-order valence-electron chi connectivity index (χ2n) is 7.77. The molecule has 4 rings (SSSR count). The number of nitrogens with one attached hydrogen (secondary N) is 1. The van der Waals surface area contributed by atoms with E-state index in [0.717, 1.165) is 23.9 Å². The molecule has 0 saturated heterocycles. The average Bonchev–Trinajstić information content (AvgIpc) is 3.32. The van der Waals surface area contributed by atoms with Crippen LogP contribution in [0.1, 0.15) is 61.5 Å². The zero-order chi connectivity index (χ0) is 16.9. The standard InChI is InChI=1S/C19H23N3O2/c1-19(2,24)14-8-15(9-14)21-18(23)13-7-12-5-6-16(11-3-4-11)22-17(12)20-10-13/h5-7,10-11,14-15,24H,3-4,8-9H2,1-2H3,(H,21,23)/t14-,15-. The minimum Gasteiger partial charge on any atom is -0.390 e. The van der Waals surface area contributed by atoms with E-state index in [1.807, 2.05) is 32.0 Å². The van der Waals surface area contributed by atoms with Gasteiger partial charge in [-0.25, -0.2) is 9.97 Å². The summed E-state index contributed by atoms with van der Waals surface area (Å²) in [6.45, 7) is 3.65. The van der Waals surface area contributed by atoms with E-state index >= 15 is 0 Å². The summed E-state index contributed by atoms with van der Waals surface area (Å²) in [5, 5.41) is 13.9. The van der Waals surface area contributed by atoms with Crippen molar-refractivity contribution in [2.45, 2.75) is 57.1 Å². The molecule has 0 bridgehead atoms. The first-order valence-electron chi connectivity index (χ1n) is 8.70. The van der Waals surface area contributed by atoms with Crippen LogP contribution in [-0.4, -0.2) is 32.6 Å². The van der Waals surface area contributed by atoms with Crippen LogP contribution in [0.3, 0.4) is 0 Å². The Balaban J connectivity index is 1.44. The van der Waals surface area contributed by atoms with E-state index in [9.17, 15) is 9.90 Å². The van der Waals surface area contributed by atoms with Gasteiger partial charge >= 0.3 is 0 Å². The number of amides is 1. The number of aliphatic hydroxyl groups is 1. The number of fused-ring (bicyclic) bond motifs is 1. The van der Waals surface area contributed by atoms with Crippen molar-refractivity contribution < 1.29 is 9.90 Å². The van der Waals surface area contributed by atoms with Gasteiger partial charge in [-0.15, -0.1) is 0 Å². The second kappa shape index (κ2) is 5.52. The van der Waals surface area contributed by atoms with Gasteiger partial charge in [-0.05, 0) is 63.6 Å². The van der Waals surface area contributed by atoms with Crippen molar-refractivity contribution in [2.24, 2.45) is 5.92 Å². The summed E-state index contributed by atoms with van der Waals surface area (Å²) >= 11 is 0. The normalized spacial score (nSPS) is 23.8. The number of rotatable bonds is 4. The lowest BCUT2D eigenvalue weighted by atomic mass is 9.71. The van der Waals surface area contributed by atoms with Crippen LogP contribution in [0.15, 0.2) is 24.4 Å². The molecule has 2 aromatic rings. The third kappa shape index (κ3) is 3.00. The molecule has 0 unspecified atom stereocenters. The zero-order valence-corrected chi connectivity index (χ0v) is 14.1. The Labute approximate surface area is 141 Å². The molecule has 0 aliphatic heterocycles. The quantitative estimate of drug-likeness (QED) is 0.906. The van der Waals surface area contributed by atoms with Crippen LogP contribution in [0.5, 0.6) is 0 Å². The predicted molar refractivity (Wildman–Crippen MR) is 91.8 cm³/mol. The van der Waals surface area contributed by atoms with Crippen molar-refractivity contribution in [2.75, 3.05) is 0 Å². The maximum absolute atomic E-state index is 12.4. The van der Waals surface area contributed by atoms with Gasteiger partial charge in [0.05, 0.1) is 11.2 Å². The predicted octanol–water partition coefficient (Wildman–Crippen LogP) is 2.79. The topological polar surface area (TPSA) is 75.1 Å². The van der Waals surface area contributed by atoms with Crippen LogP contribution >= 0.6 is 0 Å². The van der Waals surface area contributed by atoms with E-state index in [4.69, 9.17) is 0 Å². The number of hydrogen-bond donors (Lipinski definition) is 2. The Morgan fingerprint density at radius 2 is 2.04 bits per heavy atom. The molecule has 0 spiro atoms. The SMILES string of the molecule is CC(C)(O)[C@H]1C[C@H](NC(=O)c2cnc3nc(C4CC4)ccc3c2)C1. The van der Waals surface area contributed by atoms with Crippen LogP contribution in [0.25, 0.3) is 11.0 Å². The molecule has 5 nitrogen and oxygen atoms in total. The minimum atomic E-state index is -0.670. The van der Waals surface area contributed by atoms with Crippen molar-refractivity contribution in [3.63, 3.8) is 0 Å². The fourth-order valence-electron chi connectivity index (χ4n) is 3.34. The van der Waals surface area contributed by atoms with E-state index in [1.54, 1.807) is 6.20 Å². The Kier molecular flexibility index (Phi) is 3.57. The number of hydrogen-bond acceptors (Lipinski definition) is 4. The molecule has 2 heterocycles. The Bertz CT molecular complexity index is 787. The summed E-state index contributed by atoms with van der Waals surface area (Å²) < 4.78 is 0. The molecule has 126 valence electrons. The Morgan fingerprint density at radius 1 is 1.29 bits per heavy atom. The first-order valence-corrected chi connectivity index (χ1v) is 8.70. The van der Waals surface area contributed by atoms with Crippen molar-refractivity contribution in [3.05, 3.63) is 35.7 Å². The summed E-state index contributed by atoms with van der Waals surface area (Å²) in [7, 11) is 0. The third-order valence-electron chi connectivity index (χ3n) is 5.29. The van der Waals surface area contributed by atoms with Gasteiger partial charge in [0.25, 0.3) is 5.91 Å². The van der Waals surface area contributed by atoms with Crippen molar-refractivity contribution in [1.29, 1.82) is 0 Å². The maximum atomic E-state index is 12.4. The molecule has 2 aliphatic carbocycles. The highest BCUT2D eigenvalue weighted by atomic mass is 16.3. The Hall–Kier alpha value is -2.01. The summed E-state index contributed by atoms with van der Waals surface area (Å²) in [6, 6.07) is 6.05. The lowest BCUT2D eigenvalue weighted by molar-refractivity contribution is -0.0309. The van der Waals surface area contributed by atoms with Crippen molar-refractivity contribution >= 4 is 16.9 Å². The minimum absolute atomic E-state index is 0.102. The molecular formula is C19H23N3O2. The molecule has 2 saturated carbocycles. The summed E-state index contributed by atoms with van der Waals surface area (Å²) in [4.78, 5) is 21.4. The highest BCUT2D eigenvalue weighted by Gasteiger charge is 2.39. The van der Waals surface area contributed by atoms with Crippen LogP contribution in [0.2, 0.25) is 0 Å². The molecule has 2 N–H and O–H groups in total. The lowest BCUT2D eigenvalue weighted by Gasteiger charge is -2.42. The molecule has 0 atom stereocenters. The first kappa shape index (κ1) is 15.5. The monoisotopic (exact) mass is 325 g/mol. The largest absolute Gasteiger partial charge is 0.390 e. The van der Waals surface area contributed by atoms with E-state index in [0.29, 0.717) is 17.1 Å².